The normalized spacial score (nSPS) is 18.7. The van der Waals surface area contributed by atoms with Crippen LogP contribution in [0.25, 0.3) is 5.69 Å². The molecule has 0 bridgehead atoms. The van der Waals surface area contributed by atoms with Crippen molar-refractivity contribution in [2.24, 2.45) is 0 Å². The lowest BCUT2D eigenvalue weighted by atomic mass is 10.2. The summed E-state index contributed by atoms with van der Waals surface area (Å²) in [5, 5.41) is 17.4. The van der Waals surface area contributed by atoms with Crippen LogP contribution in [0.1, 0.15) is 6.42 Å². The van der Waals surface area contributed by atoms with E-state index in [-0.39, 0.29) is 11.9 Å². The van der Waals surface area contributed by atoms with E-state index in [0.29, 0.717) is 18.9 Å². The second kappa shape index (κ2) is 4.44. The summed E-state index contributed by atoms with van der Waals surface area (Å²) >= 11 is 0. The van der Waals surface area contributed by atoms with E-state index in [1.54, 1.807) is 4.68 Å². The summed E-state index contributed by atoms with van der Waals surface area (Å²) in [4.78, 5) is 11.1. The Morgan fingerprint density at radius 1 is 1.33 bits per heavy atom. The summed E-state index contributed by atoms with van der Waals surface area (Å²) < 4.78 is 1.61. The first-order valence-electron chi connectivity index (χ1n) is 5.70. The maximum Gasteiger partial charge on any atom is 0.248 e. The highest BCUT2D eigenvalue weighted by Gasteiger charge is 2.23. The Morgan fingerprint density at radius 2 is 2.17 bits per heavy atom. The van der Waals surface area contributed by atoms with E-state index in [1.165, 1.54) is 0 Å². The van der Waals surface area contributed by atoms with Gasteiger partial charge in [-0.05, 0) is 22.6 Å². The minimum atomic E-state index is 0.0333. The average molecular weight is 244 g/mol. The second-order valence-corrected chi connectivity index (χ2v) is 4.10. The van der Waals surface area contributed by atoms with E-state index in [2.05, 4.69) is 26.2 Å². The molecule has 1 aromatic heterocycles. The van der Waals surface area contributed by atoms with Crippen molar-refractivity contribution in [2.45, 2.75) is 12.5 Å². The number of carbonyl (C=O) groups excluding carboxylic acids is 1. The van der Waals surface area contributed by atoms with Crippen LogP contribution in [-0.2, 0) is 4.79 Å². The summed E-state index contributed by atoms with van der Waals surface area (Å²) in [5.41, 5.74) is 0.877. The fourth-order valence-electron chi connectivity index (χ4n) is 1.91. The highest BCUT2D eigenvalue weighted by Crippen LogP contribution is 2.13. The molecule has 0 radical (unpaired) electrons. The minimum absolute atomic E-state index is 0.0333. The number of benzene rings is 1. The third kappa shape index (κ3) is 2.02. The zero-order valence-electron chi connectivity index (χ0n) is 9.58. The molecule has 1 unspecified atom stereocenters. The van der Waals surface area contributed by atoms with Gasteiger partial charge in [0.1, 0.15) is 0 Å². The van der Waals surface area contributed by atoms with Crippen LogP contribution < -0.4 is 10.6 Å². The van der Waals surface area contributed by atoms with Gasteiger partial charge in [-0.1, -0.05) is 23.3 Å². The van der Waals surface area contributed by atoms with Crippen LogP contribution in [0.3, 0.4) is 0 Å². The molecule has 1 aliphatic rings. The van der Waals surface area contributed by atoms with Gasteiger partial charge in [-0.2, -0.15) is 4.68 Å². The van der Waals surface area contributed by atoms with E-state index in [1.807, 2.05) is 30.3 Å². The van der Waals surface area contributed by atoms with Gasteiger partial charge in [0.05, 0.1) is 11.7 Å². The van der Waals surface area contributed by atoms with Crippen LogP contribution in [0.4, 0.5) is 5.95 Å². The molecule has 1 atom stereocenters. The van der Waals surface area contributed by atoms with Crippen molar-refractivity contribution in [3.63, 3.8) is 0 Å². The Bertz CT molecular complexity index is 552. The van der Waals surface area contributed by atoms with Crippen LogP contribution in [0.2, 0.25) is 0 Å². The molecule has 92 valence electrons. The molecule has 0 spiro atoms. The topological polar surface area (TPSA) is 84.7 Å². The maximum absolute atomic E-state index is 11.1. The van der Waals surface area contributed by atoms with Crippen LogP contribution in [0.15, 0.2) is 30.3 Å². The molecule has 0 aliphatic carbocycles. The Labute approximate surface area is 103 Å². The van der Waals surface area contributed by atoms with Crippen molar-refractivity contribution in [3.05, 3.63) is 30.3 Å². The molecule has 18 heavy (non-hydrogen) atoms. The van der Waals surface area contributed by atoms with Gasteiger partial charge in [0.15, 0.2) is 0 Å². The van der Waals surface area contributed by atoms with Crippen LogP contribution in [0, 0.1) is 0 Å². The molecule has 0 saturated carbocycles. The van der Waals surface area contributed by atoms with Crippen molar-refractivity contribution in [1.29, 1.82) is 0 Å². The van der Waals surface area contributed by atoms with Crippen molar-refractivity contribution in [2.75, 3.05) is 11.9 Å². The van der Waals surface area contributed by atoms with Crippen molar-refractivity contribution in [1.82, 2.24) is 25.5 Å². The van der Waals surface area contributed by atoms with Crippen molar-refractivity contribution in [3.8, 4) is 5.69 Å². The summed E-state index contributed by atoms with van der Waals surface area (Å²) in [7, 11) is 0. The number of nitrogens with one attached hydrogen (secondary N) is 2. The van der Waals surface area contributed by atoms with Crippen LogP contribution >= 0.6 is 0 Å². The van der Waals surface area contributed by atoms with E-state index in [0.717, 1.165) is 5.69 Å². The van der Waals surface area contributed by atoms with Gasteiger partial charge in [-0.15, -0.1) is 0 Å². The molecule has 2 heterocycles. The SMILES string of the molecule is O=C1CC(Nc2nnnn2-c2ccccc2)CN1. The van der Waals surface area contributed by atoms with E-state index in [4.69, 9.17) is 0 Å². The Balaban J connectivity index is 1.82. The quantitative estimate of drug-likeness (QED) is 0.791. The zero-order valence-corrected chi connectivity index (χ0v) is 9.58. The van der Waals surface area contributed by atoms with Crippen LogP contribution in [0.5, 0.6) is 0 Å². The molecule has 1 aliphatic heterocycles. The highest BCUT2D eigenvalue weighted by molar-refractivity contribution is 5.79. The molecule has 1 aromatic carbocycles. The Kier molecular flexibility index (Phi) is 2.64. The molecule has 2 N–H and O–H groups in total. The smallest absolute Gasteiger partial charge is 0.248 e. The number of aromatic nitrogens is 4. The largest absolute Gasteiger partial charge is 0.354 e. The number of tetrazole rings is 1. The standard InChI is InChI=1S/C11H12N6O/c18-10-6-8(7-12-10)13-11-14-15-16-17(11)9-4-2-1-3-5-9/h1-5,8H,6-7H2,(H,12,18)(H,13,14,16). The number of amides is 1. The fourth-order valence-corrected chi connectivity index (χ4v) is 1.91. The third-order valence-electron chi connectivity index (χ3n) is 2.78. The molecule has 1 amide bonds. The number of hydrogen-bond acceptors (Lipinski definition) is 5. The third-order valence-corrected chi connectivity index (χ3v) is 2.78. The van der Waals surface area contributed by atoms with Crippen molar-refractivity contribution < 1.29 is 4.79 Å². The maximum atomic E-state index is 11.1. The Hall–Kier alpha value is -2.44. The zero-order chi connectivity index (χ0) is 12.4. The number of rotatable bonds is 3. The number of para-hydroxylation sites is 1. The first-order valence-corrected chi connectivity index (χ1v) is 5.70. The predicted molar refractivity (Wildman–Crippen MR) is 64.2 cm³/mol. The average Bonchev–Trinajstić information content (AvgIpc) is 3.00. The van der Waals surface area contributed by atoms with E-state index >= 15 is 0 Å². The van der Waals surface area contributed by atoms with Gasteiger partial charge in [0, 0.05) is 13.0 Å². The van der Waals surface area contributed by atoms with Crippen molar-refractivity contribution >= 4 is 11.9 Å². The summed E-state index contributed by atoms with van der Waals surface area (Å²) in [6.45, 7) is 0.598. The van der Waals surface area contributed by atoms with E-state index in [9.17, 15) is 4.79 Å². The van der Waals surface area contributed by atoms with E-state index < -0.39 is 0 Å². The minimum Gasteiger partial charge on any atom is -0.354 e. The first-order chi connectivity index (χ1) is 8.83. The summed E-state index contributed by atoms with van der Waals surface area (Å²) in [5.74, 6) is 0.592. The molecule has 2 aromatic rings. The number of hydrogen-bond donors (Lipinski definition) is 2. The van der Waals surface area contributed by atoms with Gasteiger partial charge in [0.2, 0.25) is 11.9 Å². The number of nitrogens with zero attached hydrogens (tertiary/aromatic N) is 4. The lowest BCUT2D eigenvalue weighted by Gasteiger charge is -2.10. The van der Waals surface area contributed by atoms with Gasteiger partial charge in [-0.3, -0.25) is 4.79 Å². The lowest BCUT2D eigenvalue weighted by molar-refractivity contribution is -0.119. The van der Waals surface area contributed by atoms with Gasteiger partial charge in [0.25, 0.3) is 0 Å². The fraction of sp³-hybridized carbons (Fsp3) is 0.273. The second-order valence-electron chi connectivity index (χ2n) is 4.10. The van der Waals surface area contributed by atoms with Crippen LogP contribution in [-0.4, -0.2) is 38.7 Å². The number of anilines is 1. The first kappa shape index (κ1) is 10.7. The Morgan fingerprint density at radius 3 is 2.89 bits per heavy atom. The predicted octanol–water partition coefficient (Wildman–Crippen LogP) is -0.0373. The molecule has 1 fully saturated rings. The molecule has 1 saturated heterocycles. The summed E-state index contributed by atoms with van der Waals surface area (Å²) in [6.07, 6.45) is 0.446. The molecule has 7 heteroatoms. The highest BCUT2D eigenvalue weighted by atomic mass is 16.1. The summed E-state index contributed by atoms with van der Waals surface area (Å²) in [6, 6.07) is 9.63. The van der Waals surface area contributed by atoms with Gasteiger partial charge >= 0.3 is 0 Å². The molecule has 3 rings (SSSR count). The molecular formula is C11H12N6O. The lowest BCUT2D eigenvalue weighted by Crippen LogP contribution is -2.24. The molecule has 7 nitrogen and oxygen atoms in total. The van der Waals surface area contributed by atoms with Gasteiger partial charge in [-0.25, -0.2) is 0 Å². The van der Waals surface area contributed by atoms with Gasteiger partial charge < -0.3 is 10.6 Å². The number of carbonyl (C=O) groups is 1. The monoisotopic (exact) mass is 244 g/mol. The molecular weight excluding hydrogens is 232 g/mol.